The molecule has 1 amide bonds. The molecule has 1 aromatic carbocycles. The van der Waals surface area contributed by atoms with Crippen molar-refractivity contribution in [2.75, 3.05) is 20.2 Å². The lowest BCUT2D eigenvalue weighted by Gasteiger charge is -2.31. The first-order valence-electron chi connectivity index (χ1n) is 8.24. The van der Waals surface area contributed by atoms with Crippen molar-refractivity contribution in [2.24, 2.45) is 0 Å². The zero-order valence-electron chi connectivity index (χ0n) is 13.6. The number of benzene rings is 1. The normalized spacial score (nSPS) is 15.8. The van der Waals surface area contributed by atoms with Crippen LogP contribution in [0.2, 0.25) is 0 Å². The molecule has 0 bridgehead atoms. The molecule has 1 fully saturated rings. The monoisotopic (exact) mass is 340 g/mol. The summed E-state index contributed by atoms with van der Waals surface area (Å²) >= 11 is 1.52. The summed E-state index contributed by atoms with van der Waals surface area (Å²) in [5.41, 5.74) is 2.41. The fraction of sp³-hybridized carbons (Fsp3) is 0.316. The van der Waals surface area contributed by atoms with Gasteiger partial charge in [0, 0.05) is 35.6 Å². The van der Waals surface area contributed by atoms with Crippen LogP contribution in [0.25, 0.3) is 10.9 Å². The van der Waals surface area contributed by atoms with Gasteiger partial charge < -0.3 is 14.6 Å². The number of fused-ring (bicyclic) bond motifs is 1. The molecule has 3 heterocycles. The van der Waals surface area contributed by atoms with Gasteiger partial charge in [-0.15, -0.1) is 11.3 Å². The van der Waals surface area contributed by atoms with E-state index in [2.05, 4.69) is 23.2 Å². The van der Waals surface area contributed by atoms with Crippen LogP contribution in [0.5, 0.6) is 5.75 Å². The van der Waals surface area contributed by atoms with E-state index in [0.29, 0.717) is 5.92 Å². The van der Waals surface area contributed by atoms with E-state index in [4.69, 9.17) is 4.74 Å². The molecule has 0 saturated carbocycles. The number of piperidine rings is 1. The minimum Gasteiger partial charge on any atom is -0.497 e. The molecule has 1 saturated heterocycles. The van der Waals surface area contributed by atoms with Gasteiger partial charge in [0.05, 0.1) is 12.0 Å². The van der Waals surface area contributed by atoms with Gasteiger partial charge in [-0.25, -0.2) is 0 Å². The largest absolute Gasteiger partial charge is 0.497 e. The fourth-order valence-corrected chi connectivity index (χ4v) is 4.12. The van der Waals surface area contributed by atoms with E-state index in [9.17, 15) is 4.79 Å². The standard InChI is InChI=1S/C19H20N2O2S/c1-23-15-4-5-16-14(11-15)12-17(20-16)13-6-8-21(9-7-13)19(22)18-3-2-10-24-18/h2-5,10-13,20H,6-9H2,1H3. The molecule has 5 heteroatoms. The summed E-state index contributed by atoms with van der Waals surface area (Å²) in [5, 5.41) is 3.14. The SMILES string of the molecule is COc1ccc2[nH]c(C3CCN(C(=O)c4cccs4)CC3)cc2c1. The lowest BCUT2D eigenvalue weighted by Crippen LogP contribution is -2.37. The van der Waals surface area contributed by atoms with E-state index in [1.54, 1.807) is 7.11 Å². The molecule has 0 radical (unpaired) electrons. The van der Waals surface area contributed by atoms with Crippen LogP contribution in [0.15, 0.2) is 41.8 Å². The zero-order chi connectivity index (χ0) is 16.5. The quantitative estimate of drug-likeness (QED) is 0.774. The van der Waals surface area contributed by atoms with Gasteiger partial charge in [-0.2, -0.15) is 0 Å². The summed E-state index contributed by atoms with van der Waals surface area (Å²) in [4.78, 5) is 18.8. The number of thiophene rings is 1. The van der Waals surface area contributed by atoms with Crippen molar-refractivity contribution in [1.29, 1.82) is 0 Å². The molecule has 4 nitrogen and oxygen atoms in total. The topological polar surface area (TPSA) is 45.3 Å². The smallest absolute Gasteiger partial charge is 0.263 e. The molecule has 3 aromatic rings. The fourth-order valence-electron chi connectivity index (χ4n) is 3.43. The zero-order valence-corrected chi connectivity index (χ0v) is 14.4. The summed E-state index contributed by atoms with van der Waals surface area (Å²) in [6.07, 6.45) is 2.00. The van der Waals surface area contributed by atoms with E-state index in [1.807, 2.05) is 28.5 Å². The Bertz CT molecular complexity index is 846. The maximum absolute atomic E-state index is 12.4. The number of amides is 1. The van der Waals surface area contributed by atoms with Crippen LogP contribution in [-0.2, 0) is 0 Å². The molecule has 2 aromatic heterocycles. The highest BCUT2D eigenvalue weighted by molar-refractivity contribution is 7.12. The van der Waals surface area contributed by atoms with Crippen LogP contribution in [-0.4, -0.2) is 36.0 Å². The third-order valence-electron chi connectivity index (χ3n) is 4.80. The Kier molecular flexibility index (Phi) is 4.02. The van der Waals surface area contributed by atoms with Gasteiger partial charge >= 0.3 is 0 Å². The number of rotatable bonds is 3. The van der Waals surface area contributed by atoms with Crippen LogP contribution < -0.4 is 4.74 Å². The second kappa shape index (κ2) is 6.32. The van der Waals surface area contributed by atoms with Crippen molar-refractivity contribution in [3.63, 3.8) is 0 Å². The minimum absolute atomic E-state index is 0.171. The Morgan fingerprint density at radius 1 is 1.25 bits per heavy atom. The first-order chi connectivity index (χ1) is 11.7. The van der Waals surface area contributed by atoms with Gasteiger partial charge in [0.15, 0.2) is 0 Å². The number of methoxy groups -OCH3 is 1. The van der Waals surface area contributed by atoms with Crippen molar-refractivity contribution < 1.29 is 9.53 Å². The number of aromatic amines is 1. The third-order valence-corrected chi connectivity index (χ3v) is 5.66. The van der Waals surface area contributed by atoms with Crippen LogP contribution in [0.4, 0.5) is 0 Å². The maximum Gasteiger partial charge on any atom is 0.263 e. The number of H-pyrrole nitrogens is 1. The predicted octanol–water partition coefficient (Wildman–Crippen LogP) is 4.26. The third kappa shape index (κ3) is 2.80. The lowest BCUT2D eigenvalue weighted by atomic mass is 9.93. The molecule has 4 rings (SSSR count). The number of likely N-dealkylation sites (tertiary alicyclic amines) is 1. The van der Waals surface area contributed by atoms with Gasteiger partial charge in [-0.1, -0.05) is 6.07 Å². The number of aromatic nitrogens is 1. The van der Waals surface area contributed by atoms with Gasteiger partial charge in [0.2, 0.25) is 0 Å². The number of hydrogen-bond acceptors (Lipinski definition) is 3. The van der Waals surface area contributed by atoms with Crippen molar-refractivity contribution in [1.82, 2.24) is 9.88 Å². The number of nitrogens with zero attached hydrogens (tertiary/aromatic N) is 1. The molecule has 0 atom stereocenters. The van der Waals surface area contributed by atoms with E-state index in [-0.39, 0.29) is 5.91 Å². The number of nitrogens with one attached hydrogen (secondary N) is 1. The highest BCUT2D eigenvalue weighted by atomic mass is 32.1. The summed E-state index contributed by atoms with van der Waals surface area (Å²) in [5.74, 6) is 1.53. The average molecular weight is 340 g/mol. The van der Waals surface area contributed by atoms with Crippen molar-refractivity contribution in [3.05, 3.63) is 52.3 Å². The van der Waals surface area contributed by atoms with E-state index in [1.165, 1.54) is 22.4 Å². The second-order valence-electron chi connectivity index (χ2n) is 6.22. The molecular weight excluding hydrogens is 320 g/mol. The maximum atomic E-state index is 12.4. The molecule has 0 unspecified atom stereocenters. The Balaban J connectivity index is 1.46. The molecule has 124 valence electrons. The van der Waals surface area contributed by atoms with Crippen LogP contribution in [0.3, 0.4) is 0 Å². The number of hydrogen-bond donors (Lipinski definition) is 1. The molecule has 1 N–H and O–H groups in total. The predicted molar refractivity (Wildman–Crippen MR) is 97.0 cm³/mol. The van der Waals surface area contributed by atoms with Crippen molar-refractivity contribution in [2.45, 2.75) is 18.8 Å². The highest BCUT2D eigenvalue weighted by Gasteiger charge is 2.25. The minimum atomic E-state index is 0.171. The van der Waals surface area contributed by atoms with Gasteiger partial charge in [0.1, 0.15) is 5.75 Å². The van der Waals surface area contributed by atoms with Gasteiger partial charge in [-0.05, 0) is 48.6 Å². The van der Waals surface area contributed by atoms with E-state index in [0.717, 1.165) is 42.1 Å². The molecular formula is C19H20N2O2S. The summed E-state index contributed by atoms with van der Waals surface area (Å²) in [6, 6.07) is 12.2. The van der Waals surface area contributed by atoms with Gasteiger partial charge in [-0.3, -0.25) is 4.79 Å². The molecule has 24 heavy (non-hydrogen) atoms. The van der Waals surface area contributed by atoms with Crippen molar-refractivity contribution >= 4 is 28.1 Å². The number of ether oxygens (including phenoxy) is 1. The van der Waals surface area contributed by atoms with Crippen LogP contribution >= 0.6 is 11.3 Å². The van der Waals surface area contributed by atoms with Crippen molar-refractivity contribution in [3.8, 4) is 5.75 Å². The first kappa shape index (κ1) is 15.3. The number of carbonyl (C=O) groups excluding carboxylic acids is 1. The van der Waals surface area contributed by atoms with E-state index < -0.39 is 0 Å². The Morgan fingerprint density at radius 3 is 2.79 bits per heavy atom. The molecule has 0 spiro atoms. The second-order valence-corrected chi connectivity index (χ2v) is 7.17. The van der Waals surface area contributed by atoms with Gasteiger partial charge in [0.25, 0.3) is 5.91 Å². The summed E-state index contributed by atoms with van der Waals surface area (Å²) < 4.78 is 5.30. The number of carbonyl (C=O) groups is 1. The van der Waals surface area contributed by atoms with Crippen LogP contribution in [0.1, 0.15) is 34.1 Å². The Morgan fingerprint density at radius 2 is 2.08 bits per heavy atom. The lowest BCUT2D eigenvalue weighted by molar-refractivity contribution is 0.0717. The summed E-state index contributed by atoms with van der Waals surface area (Å²) in [7, 11) is 1.69. The molecule has 1 aliphatic rings. The average Bonchev–Trinajstić information content (AvgIpc) is 3.30. The molecule has 1 aliphatic heterocycles. The summed E-state index contributed by atoms with van der Waals surface area (Å²) in [6.45, 7) is 1.64. The van der Waals surface area contributed by atoms with Crippen LogP contribution in [0, 0.1) is 0 Å². The van der Waals surface area contributed by atoms with E-state index >= 15 is 0 Å². The Hall–Kier alpha value is -2.27. The highest BCUT2D eigenvalue weighted by Crippen LogP contribution is 2.31. The first-order valence-corrected chi connectivity index (χ1v) is 9.12. The Labute approximate surface area is 145 Å². The molecule has 0 aliphatic carbocycles.